The van der Waals surface area contributed by atoms with E-state index in [1.807, 2.05) is 20.8 Å². The van der Waals surface area contributed by atoms with E-state index in [1.54, 1.807) is 6.07 Å². The molecule has 1 heterocycles. The van der Waals surface area contributed by atoms with Crippen molar-refractivity contribution in [3.8, 4) is 5.75 Å². The number of aryl methyl sites for hydroxylation is 1. The molecule has 5 heteroatoms. The number of nitrogens with one attached hydrogen (secondary N) is 1. The molecule has 78 valence electrons. The molecule has 0 radical (unpaired) electrons. The summed E-state index contributed by atoms with van der Waals surface area (Å²) in [7, 11) is -1.21. The maximum absolute atomic E-state index is 11.4. The fourth-order valence-electron chi connectivity index (χ4n) is 0.838. The van der Waals surface area contributed by atoms with Gasteiger partial charge in [0.15, 0.2) is 11.6 Å². The molecule has 1 rings (SSSR count). The monoisotopic (exact) mass is 214 g/mol. The van der Waals surface area contributed by atoms with Crippen LogP contribution in [0.4, 0.5) is 5.82 Å². The lowest BCUT2D eigenvalue weighted by molar-refractivity contribution is 0.475. The summed E-state index contributed by atoms with van der Waals surface area (Å²) < 4.78 is 14.1. The Labute approximate surface area is 86.0 Å². The summed E-state index contributed by atoms with van der Waals surface area (Å²) in [6.07, 6.45) is 0. The zero-order valence-corrected chi connectivity index (χ0v) is 9.26. The number of aromatic nitrogens is 1. The van der Waals surface area contributed by atoms with E-state index in [0.717, 1.165) is 5.69 Å². The first-order chi connectivity index (χ1) is 6.50. The third kappa shape index (κ3) is 2.70. The Balaban J connectivity index is 2.86. The van der Waals surface area contributed by atoms with Crippen molar-refractivity contribution in [2.45, 2.75) is 26.0 Å². The van der Waals surface area contributed by atoms with Gasteiger partial charge in [0, 0.05) is 10.9 Å². The number of pyridine rings is 1. The molecule has 2 N–H and O–H groups in total. The van der Waals surface area contributed by atoms with Crippen LogP contribution in [0, 0.1) is 6.92 Å². The quantitative estimate of drug-likeness (QED) is 0.803. The van der Waals surface area contributed by atoms with Crippen LogP contribution in [0.2, 0.25) is 0 Å². The lowest BCUT2D eigenvalue weighted by Crippen LogP contribution is -2.15. The highest BCUT2D eigenvalue weighted by Crippen LogP contribution is 2.20. The number of hydrogen-bond acceptors (Lipinski definition) is 3. The molecule has 0 spiro atoms. The molecule has 1 unspecified atom stereocenters. The van der Waals surface area contributed by atoms with E-state index in [2.05, 4.69) is 9.71 Å². The second-order valence-corrected chi connectivity index (χ2v) is 5.01. The van der Waals surface area contributed by atoms with E-state index in [0.29, 0.717) is 0 Å². The van der Waals surface area contributed by atoms with Crippen LogP contribution in [0.5, 0.6) is 5.75 Å². The van der Waals surface area contributed by atoms with E-state index in [-0.39, 0.29) is 16.8 Å². The maximum atomic E-state index is 11.4. The predicted octanol–water partition coefficient (Wildman–Crippen LogP) is 1.58. The molecule has 0 bridgehead atoms. The summed E-state index contributed by atoms with van der Waals surface area (Å²) in [6.45, 7) is 5.47. The number of nitrogens with zero attached hydrogens (tertiary/aromatic N) is 1. The minimum absolute atomic E-state index is 0.0169. The third-order valence-corrected chi connectivity index (χ3v) is 2.89. The van der Waals surface area contributed by atoms with Crippen molar-refractivity contribution in [3.05, 3.63) is 17.8 Å². The van der Waals surface area contributed by atoms with Crippen molar-refractivity contribution in [1.29, 1.82) is 0 Å². The first-order valence-corrected chi connectivity index (χ1v) is 5.56. The second kappa shape index (κ2) is 4.41. The molecule has 1 aromatic heterocycles. The summed E-state index contributed by atoms with van der Waals surface area (Å²) in [5.74, 6) is 0.293. The molecular formula is C9H14N2O2S. The summed E-state index contributed by atoms with van der Waals surface area (Å²) in [4.78, 5) is 4.04. The standard InChI is InChI=1S/C9H14N2O2S/c1-6(2)14(13)11-9-8(12)5-4-7(3)10-9/h4-6,12H,1-3H3,(H,10,11). The summed E-state index contributed by atoms with van der Waals surface area (Å²) >= 11 is 0. The number of hydrogen-bond donors (Lipinski definition) is 2. The summed E-state index contributed by atoms with van der Waals surface area (Å²) in [5, 5.41) is 9.39. The molecule has 0 amide bonds. The predicted molar refractivity (Wildman–Crippen MR) is 57.5 cm³/mol. The Morgan fingerprint density at radius 2 is 2.14 bits per heavy atom. The smallest absolute Gasteiger partial charge is 0.180 e. The number of anilines is 1. The van der Waals surface area contributed by atoms with Crippen molar-refractivity contribution < 1.29 is 9.32 Å². The normalized spacial score (nSPS) is 12.9. The van der Waals surface area contributed by atoms with Crippen LogP contribution in [0.15, 0.2) is 12.1 Å². The topological polar surface area (TPSA) is 62.2 Å². The SMILES string of the molecule is Cc1ccc(O)c(NS(=O)C(C)C)n1. The van der Waals surface area contributed by atoms with Crippen LogP contribution in [-0.4, -0.2) is 19.5 Å². The molecule has 0 fully saturated rings. The fourth-order valence-corrected chi connectivity index (χ4v) is 1.41. The van der Waals surface area contributed by atoms with Gasteiger partial charge < -0.3 is 5.11 Å². The van der Waals surface area contributed by atoms with E-state index in [1.165, 1.54) is 6.07 Å². The van der Waals surface area contributed by atoms with Crippen LogP contribution < -0.4 is 4.72 Å². The highest BCUT2D eigenvalue weighted by atomic mass is 32.2. The van der Waals surface area contributed by atoms with E-state index in [9.17, 15) is 9.32 Å². The molecule has 4 nitrogen and oxygen atoms in total. The van der Waals surface area contributed by atoms with Gasteiger partial charge in [-0.05, 0) is 32.9 Å². The van der Waals surface area contributed by atoms with Gasteiger partial charge in [-0.25, -0.2) is 9.19 Å². The highest BCUT2D eigenvalue weighted by molar-refractivity contribution is 7.86. The Morgan fingerprint density at radius 1 is 1.50 bits per heavy atom. The van der Waals surface area contributed by atoms with Gasteiger partial charge in [-0.15, -0.1) is 0 Å². The zero-order valence-electron chi connectivity index (χ0n) is 8.44. The van der Waals surface area contributed by atoms with Crippen molar-refractivity contribution >= 4 is 16.8 Å². The van der Waals surface area contributed by atoms with Gasteiger partial charge >= 0.3 is 0 Å². The van der Waals surface area contributed by atoms with Crippen molar-refractivity contribution in [2.75, 3.05) is 4.72 Å². The van der Waals surface area contributed by atoms with E-state index >= 15 is 0 Å². The van der Waals surface area contributed by atoms with Crippen LogP contribution >= 0.6 is 0 Å². The van der Waals surface area contributed by atoms with Gasteiger partial charge in [0.25, 0.3) is 0 Å². The van der Waals surface area contributed by atoms with Gasteiger partial charge in [-0.2, -0.15) is 0 Å². The van der Waals surface area contributed by atoms with Gasteiger partial charge in [0.1, 0.15) is 11.0 Å². The molecule has 0 saturated heterocycles. The van der Waals surface area contributed by atoms with Crippen molar-refractivity contribution in [3.63, 3.8) is 0 Å². The summed E-state index contributed by atoms with van der Waals surface area (Å²) in [6, 6.07) is 3.22. The molecule has 0 saturated carbocycles. The molecule has 0 aliphatic carbocycles. The van der Waals surface area contributed by atoms with Gasteiger partial charge in [-0.1, -0.05) is 0 Å². The van der Waals surface area contributed by atoms with Gasteiger partial charge in [-0.3, -0.25) is 4.72 Å². The van der Waals surface area contributed by atoms with Gasteiger partial charge in [0.05, 0.1) is 0 Å². The van der Waals surface area contributed by atoms with Crippen LogP contribution in [-0.2, 0) is 11.0 Å². The minimum Gasteiger partial charge on any atom is -0.504 e. The van der Waals surface area contributed by atoms with Crippen LogP contribution in [0.25, 0.3) is 0 Å². The highest BCUT2D eigenvalue weighted by Gasteiger charge is 2.09. The van der Waals surface area contributed by atoms with Crippen molar-refractivity contribution in [1.82, 2.24) is 4.98 Å². The number of rotatable bonds is 3. The molecule has 14 heavy (non-hydrogen) atoms. The van der Waals surface area contributed by atoms with Gasteiger partial charge in [0.2, 0.25) is 0 Å². The second-order valence-electron chi connectivity index (χ2n) is 3.27. The average molecular weight is 214 g/mol. The molecule has 0 aromatic carbocycles. The molecule has 0 aliphatic rings. The lowest BCUT2D eigenvalue weighted by Gasteiger charge is -2.09. The Morgan fingerprint density at radius 3 is 2.71 bits per heavy atom. The Kier molecular flexibility index (Phi) is 3.46. The first-order valence-electron chi connectivity index (χ1n) is 4.34. The fraction of sp³-hybridized carbons (Fsp3) is 0.444. The average Bonchev–Trinajstić information content (AvgIpc) is 2.11. The minimum atomic E-state index is -1.21. The Bertz CT molecular complexity index is 353. The molecule has 1 atom stereocenters. The molecule has 0 aliphatic heterocycles. The zero-order chi connectivity index (χ0) is 10.7. The largest absolute Gasteiger partial charge is 0.504 e. The lowest BCUT2D eigenvalue weighted by atomic mass is 10.3. The Hall–Kier alpha value is -1.10. The van der Waals surface area contributed by atoms with E-state index < -0.39 is 11.0 Å². The maximum Gasteiger partial charge on any atom is 0.180 e. The van der Waals surface area contributed by atoms with Crippen LogP contribution in [0.3, 0.4) is 0 Å². The summed E-state index contributed by atoms with van der Waals surface area (Å²) in [5.41, 5.74) is 0.769. The van der Waals surface area contributed by atoms with Crippen LogP contribution in [0.1, 0.15) is 19.5 Å². The van der Waals surface area contributed by atoms with E-state index in [4.69, 9.17) is 0 Å². The first kappa shape index (κ1) is 11.0. The molecule has 1 aromatic rings. The third-order valence-electron chi connectivity index (χ3n) is 1.64. The van der Waals surface area contributed by atoms with Crippen molar-refractivity contribution in [2.24, 2.45) is 0 Å². The molecular weight excluding hydrogens is 200 g/mol. The number of aromatic hydroxyl groups is 1.